The second-order valence-electron chi connectivity index (χ2n) is 9.24. The fourth-order valence-electron chi connectivity index (χ4n) is 4.76. The monoisotopic (exact) mass is 518 g/mol. The van der Waals surface area contributed by atoms with Crippen molar-refractivity contribution in [2.24, 2.45) is 0 Å². The van der Waals surface area contributed by atoms with Crippen LogP contribution in [0.2, 0.25) is 0 Å². The number of ketones is 1. The molecule has 5 aromatic carbocycles. The average Bonchev–Trinajstić information content (AvgIpc) is 3.01. The molecule has 5 nitrogen and oxygen atoms in total. The second kappa shape index (κ2) is 11.9. The summed E-state index contributed by atoms with van der Waals surface area (Å²) in [5, 5.41) is 13.8. The Kier molecular flexibility index (Phi) is 8.02. The number of methoxy groups -OCH3 is 2. The lowest BCUT2D eigenvalue weighted by molar-refractivity contribution is -0.0489. The number of carbonyl (C=O) groups is 1. The summed E-state index contributed by atoms with van der Waals surface area (Å²) in [6.07, 6.45) is -3.11. The molecule has 0 radical (unpaired) electrons. The summed E-state index contributed by atoms with van der Waals surface area (Å²) < 4.78 is 17.6. The van der Waals surface area contributed by atoms with Crippen LogP contribution in [0, 0.1) is 0 Å². The summed E-state index contributed by atoms with van der Waals surface area (Å²) in [4.78, 5) is 14.2. The van der Waals surface area contributed by atoms with Crippen molar-refractivity contribution >= 4 is 16.6 Å². The van der Waals surface area contributed by atoms with Crippen molar-refractivity contribution in [3.05, 3.63) is 144 Å². The minimum atomic E-state index is -1.26. The number of hydrogen-bond acceptors (Lipinski definition) is 5. The topological polar surface area (TPSA) is 65.0 Å². The predicted octanol–water partition coefficient (Wildman–Crippen LogP) is 6.95. The molecule has 0 saturated heterocycles. The summed E-state index contributed by atoms with van der Waals surface area (Å²) in [5.74, 6) is 0.458. The lowest BCUT2D eigenvalue weighted by Gasteiger charge is -2.29. The number of Topliss-reactive ketones (excluding diaryl/α,β-unsaturated/α-hetero) is 1. The van der Waals surface area contributed by atoms with Gasteiger partial charge in [0.25, 0.3) is 0 Å². The van der Waals surface area contributed by atoms with E-state index >= 15 is 0 Å². The van der Waals surface area contributed by atoms with Gasteiger partial charge in [0, 0.05) is 0 Å². The molecule has 0 spiro atoms. The molecule has 0 heterocycles. The predicted molar refractivity (Wildman–Crippen MR) is 152 cm³/mol. The van der Waals surface area contributed by atoms with Crippen molar-refractivity contribution in [2.75, 3.05) is 14.2 Å². The zero-order chi connectivity index (χ0) is 27.2. The Morgan fingerprint density at radius 1 is 0.641 bits per heavy atom. The number of hydrogen-bond donors (Lipinski definition) is 1. The van der Waals surface area contributed by atoms with Gasteiger partial charge in [-0.1, -0.05) is 97.1 Å². The van der Waals surface area contributed by atoms with Crippen molar-refractivity contribution in [2.45, 2.75) is 18.3 Å². The van der Waals surface area contributed by atoms with Gasteiger partial charge in [-0.15, -0.1) is 0 Å². The van der Waals surface area contributed by atoms with Crippen LogP contribution < -0.4 is 9.47 Å². The third-order valence-corrected chi connectivity index (χ3v) is 6.82. The maximum Gasteiger partial charge on any atom is 0.198 e. The molecule has 0 fully saturated rings. The van der Waals surface area contributed by atoms with Crippen LogP contribution in [0.5, 0.6) is 11.5 Å². The molecule has 0 unspecified atom stereocenters. The molecule has 0 aliphatic heterocycles. The van der Waals surface area contributed by atoms with Gasteiger partial charge in [-0.3, -0.25) is 4.79 Å². The van der Waals surface area contributed by atoms with Crippen molar-refractivity contribution in [1.82, 2.24) is 0 Å². The van der Waals surface area contributed by atoms with Crippen molar-refractivity contribution in [3.8, 4) is 11.5 Å². The Morgan fingerprint density at radius 2 is 1.26 bits per heavy atom. The van der Waals surface area contributed by atoms with Gasteiger partial charge >= 0.3 is 0 Å². The second-order valence-corrected chi connectivity index (χ2v) is 9.24. The molecule has 0 saturated carbocycles. The van der Waals surface area contributed by atoms with Crippen LogP contribution in [0.25, 0.3) is 10.8 Å². The Labute approximate surface area is 228 Å². The molecule has 0 amide bonds. The highest BCUT2D eigenvalue weighted by atomic mass is 16.5. The third-order valence-electron chi connectivity index (χ3n) is 6.82. The molecular weight excluding hydrogens is 488 g/mol. The van der Waals surface area contributed by atoms with Crippen LogP contribution in [0.4, 0.5) is 0 Å². The third kappa shape index (κ3) is 5.70. The van der Waals surface area contributed by atoms with Crippen LogP contribution in [0.15, 0.2) is 121 Å². The Morgan fingerprint density at radius 3 is 1.87 bits per heavy atom. The standard InChI is InChI=1S/C34H30O5/c1-37-28-19-20-30(38-2)29(22-28)32(36)34(31(35)27-18-17-23-11-9-10-16-26(23)21-27)39-33(24-12-5-3-6-13-24)25-14-7-4-8-15-25/h3-22,31,33-35H,1-2H3/t31-,34+/m1/s1. The normalized spacial score (nSPS) is 12.7. The lowest BCUT2D eigenvalue weighted by atomic mass is 9.93. The Bertz CT molecular complexity index is 1510. The molecule has 0 aliphatic rings. The van der Waals surface area contributed by atoms with Gasteiger partial charge in [-0.05, 0) is 51.7 Å². The van der Waals surface area contributed by atoms with E-state index in [0.29, 0.717) is 17.1 Å². The first-order valence-corrected chi connectivity index (χ1v) is 12.8. The highest BCUT2D eigenvalue weighted by Gasteiger charge is 2.35. The number of benzene rings is 5. The Hall–Kier alpha value is -4.45. The number of fused-ring (bicyclic) bond motifs is 1. The summed E-state index contributed by atoms with van der Waals surface area (Å²) in [6.45, 7) is 0. The van der Waals surface area contributed by atoms with E-state index in [9.17, 15) is 9.90 Å². The van der Waals surface area contributed by atoms with E-state index in [1.165, 1.54) is 14.2 Å². The quantitative estimate of drug-likeness (QED) is 0.203. The first kappa shape index (κ1) is 26.2. The molecule has 2 atom stereocenters. The maximum atomic E-state index is 14.2. The molecular formula is C34H30O5. The molecule has 0 aliphatic carbocycles. The highest BCUT2D eigenvalue weighted by molar-refractivity contribution is 6.02. The zero-order valence-electron chi connectivity index (χ0n) is 21.9. The molecule has 5 rings (SSSR count). The number of aliphatic hydroxyl groups is 1. The van der Waals surface area contributed by atoms with E-state index < -0.39 is 24.1 Å². The highest BCUT2D eigenvalue weighted by Crippen LogP contribution is 2.35. The maximum absolute atomic E-state index is 14.2. The van der Waals surface area contributed by atoms with Gasteiger partial charge in [-0.2, -0.15) is 0 Å². The van der Waals surface area contributed by atoms with E-state index in [2.05, 4.69) is 0 Å². The fraction of sp³-hybridized carbons (Fsp3) is 0.147. The zero-order valence-corrected chi connectivity index (χ0v) is 21.9. The van der Waals surface area contributed by atoms with Gasteiger partial charge in [-0.25, -0.2) is 0 Å². The molecule has 5 heteroatoms. The summed E-state index contributed by atoms with van der Waals surface area (Å²) in [6, 6.07) is 38.0. The van der Waals surface area contributed by atoms with Gasteiger partial charge < -0.3 is 19.3 Å². The van der Waals surface area contributed by atoms with Crippen LogP contribution in [0.1, 0.15) is 39.3 Å². The van der Waals surface area contributed by atoms with E-state index in [-0.39, 0.29) is 5.56 Å². The van der Waals surface area contributed by atoms with Crippen molar-refractivity contribution < 1.29 is 24.1 Å². The van der Waals surface area contributed by atoms with Gasteiger partial charge in [0.05, 0.1) is 19.8 Å². The lowest BCUT2D eigenvalue weighted by Crippen LogP contribution is -2.33. The van der Waals surface area contributed by atoms with Gasteiger partial charge in [0.15, 0.2) is 11.9 Å². The number of carbonyl (C=O) groups excluding carboxylic acids is 1. The summed E-state index contributed by atoms with van der Waals surface area (Å²) >= 11 is 0. The molecule has 0 bridgehead atoms. The van der Waals surface area contributed by atoms with Gasteiger partial charge in [0.2, 0.25) is 0 Å². The van der Waals surface area contributed by atoms with Crippen molar-refractivity contribution in [3.63, 3.8) is 0 Å². The van der Waals surface area contributed by atoms with Crippen LogP contribution in [0.3, 0.4) is 0 Å². The Balaban J connectivity index is 1.62. The van der Waals surface area contributed by atoms with Crippen LogP contribution >= 0.6 is 0 Å². The molecule has 196 valence electrons. The smallest absolute Gasteiger partial charge is 0.198 e. The van der Waals surface area contributed by atoms with E-state index in [0.717, 1.165) is 21.9 Å². The molecule has 5 aromatic rings. The number of rotatable bonds is 10. The average molecular weight is 519 g/mol. The van der Waals surface area contributed by atoms with Gasteiger partial charge in [0.1, 0.15) is 23.7 Å². The summed E-state index contributed by atoms with van der Waals surface area (Å²) in [7, 11) is 3.04. The summed E-state index contributed by atoms with van der Waals surface area (Å²) in [5.41, 5.74) is 2.57. The number of ether oxygens (including phenoxy) is 3. The first-order chi connectivity index (χ1) is 19.1. The van der Waals surface area contributed by atoms with E-state index in [4.69, 9.17) is 14.2 Å². The SMILES string of the molecule is COc1ccc(OC)c(C(=O)[C@@H](OC(c2ccccc2)c2ccccc2)[C@H](O)c2ccc3ccccc3c2)c1. The fourth-order valence-corrected chi connectivity index (χ4v) is 4.76. The largest absolute Gasteiger partial charge is 0.497 e. The molecule has 39 heavy (non-hydrogen) atoms. The minimum absolute atomic E-state index is 0.265. The van der Waals surface area contributed by atoms with Crippen LogP contribution in [-0.2, 0) is 4.74 Å². The molecule has 0 aromatic heterocycles. The minimum Gasteiger partial charge on any atom is -0.497 e. The first-order valence-electron chi connectivity index (χ1n) is 12.8. The van der Waals surface area contributed by atoms with E-state index in [1.807, 2.05) is 103 Å². The number of aliphatic hydroxyl groups excluding tert-OH is 1. The van der Waals surface area contributed by atoms with Crippen molar-refractivity contribution in [1.29, 1.82) is 0 Å². The molecule has 1 N–H and O–H groups in total. The van der Waals surface area contributed by atoms with Crippen LogP contribution in [-0.4, -0.2) is 31.2 Å². The van der Waals surface area contributed by atoms with E-state index in [1.54, 1.807) is 18.2 Å².